The number of nitrogens with one attached hydrogen (secondary N) is 1. The number of amides is 2. The number of alkyl halides is 1. The average Bonchev–Trinajstić information content (AvgIpc) is 2.47. The molecule has 1 N–H and O–H groups in total. The van der Waals surface area contributed by atoms with E-state index in [1.54, 1.807) is 0 Å². The number of carbonyl (C=O) groups is 2. The minimum Gasteiger partial charge on any atom is -0.343 e. The first-order chi connectivity index (χ1) is 9.67. The Labute approximate surface area is 118 Å². The molecule has 2 rings (SSSR count). The number of halogens is 1. The molecule has 1 aromatic rings. The molecule has 0 bridgehead atoms. The molecule has 1 aliphatic rings. The number of nitrogens with zero attached hydrogens (tertiary/aromatic N) is 1. The second kappa shape index (κ2) is 6.50. The molecule has 1 heterocycles. The van der Waals surface area contributed by atoms with Crippen molar-refractivity contribution in [3.05, 3.63) is 35.9 Å². The Morgan fingerprint density at radius 3 is 2.55 bits per heavy atom. The Morgan fingerprint density at radius 1 is 1.25 bits per heavy atom. The molecule has 0 saturated carbocycles. The van der Waals surface area contributed by atoms with Crippen LogP contribution in [0.3, 0.4) is 0 Å². The van der Waals surface area contributed by atoms with Gasteiger partial charge in [-0.05, 0) is 12.0 Å². The maximum absolute atomic E-state index is 12.7. The zero-order chi connectivity index (χ0) is 14.5. The van der Waals surface area contributed by atoms with Gasteiger partial charge in [0, 0.05) is 13.0 Å². The predicted molar refractivity (Wildman–Crippen MR) is 73.8 cm³/mol. The Balaban J connectivity index is 2.19. The van der Waals surface area contributed by atoms with E-state index in [2.05, 4.69) is 5.32 Å². The summed E-state index contributed by atoms with van der Waals surface area (Å²) in [7, 11) is 0. The molecule has 0 aromatic heterocycles. The Morgan fingerprint density at radius 2 is 1.95 bits per heavy atom. The number of rotatable bonds is 5. The van der Waals surface area contributed by atoms with Gasteiger partial charge in [-0.3, -0.25) is 9.59 Å². The molecule has 20 heavy (non-hydrogen) atoms. The average molecular weight is 278 g/mol. The minimum absolute atomic E-state index is 0.0275. The quantitative estimate of drug-likeness (QED) is 0.882. The summed E-state index contributed by atoms with van der Waals surface area (Å²) >= 11 is 0. The van der Waals surface area contributed by atoms with Gasteiger partial charge in [-0.25, -0.2) is 4.39 Å². The molecule has 0 aliphatic carbocycles. The summed E-state index contributed by atoms with van der Waals surface area (Å²) in [6, 6.07) is 8.30. The molecule has 108 valence electrons. The van der Waals surface area contributed by atoms with Crippen LogP contribution in [0.25, 0.3) is 0 Å². The summed E-state index contributed by atoms with van der Waals surface area (Å²) in [4.78, 5) is 25.8. The van der Waals surface area contributed by atoms with Gasteiger partial charge in [0.05, 0.1) is 0 Å². The van der Waals surface area contributed by atoms with Crippen molar-refractivity contribution in [3.8, 4) is 0 Å². The van der Waals surface area contributed by atoms with E-state index in [0.717, 1.165) is 5.56 Å². The minimum atomic E-state index is -0.638. The smallest absolute Gasteiger partial charge is 0.245 e. The third-order valence-corrected chi connectivity index (χ3v) is 3.58. The van der Waals surface area contributed by atoms with Gasteiger partial charge in [-0.2, -0.15) is 0 Å². The fourth-order valence-electron chi connectivity index (χ4n) is 2.50. The molecule has 2 atom stereocenters. The van der Waals surface area contributed by atoms with Crippen molar-refractivity contribution >= 4 is 11.8 Å². The molecule has 1 aliphatic heterocycles. The highest BCUT2D eigenvalue weighted by Crippen LogP contribution is 2.16. The van der Waals surface area contributed by atoms with Gasteiger partial charge in [0.1, 0.15) is 18.8 Å². The second-order valence-corrected chi connectivity index (χ2v) is 4.90. The zero-order valence-corrected chi connectivity index (χ0v) is 11.5. The third kappa shape index (κ3) is 2.98. The number of hydrogen-bond acceptors (Lipinski definition) is 2. The van der Waals surface area contributed by atoms with Gasteiger partial charge in [-0.15, -0.1) is 0 Å². The van der Waals surface area contributed by atoms with Crippen LogP contribution in [0.2, 0.25) is 0 Å². The Bertz CT molecular complexity index is 478. The maximum atomic E-state index is 12.7. The number of carbonyl (C=O) groups excluding carboxylic acids is 2. The summed E-state index contributed by atoms with van der Waals surface area (Å²) in [5.41, 5.74) is 0.958. The summed E-state index contributed by atoms with van der Waals surface area (Å²) in [6.45, 7) is 1.16. The first kappa shape index (κ1) is 14.5. The Hall–Kier alpha value is -1.91. The second-order valence-electron chi connectivity index (χ2n) is 4.90. The summed E-state index contributed by atoms with van der Waals surface area (Å²) < 4.78 is 12.7. The number of piperazine rings is 1. The molecule has 2 unspecified atom stereocenters. The van der Waals surface area contributed by atoms with E-state index in [4.69, 9.17) is 0 Å². The molecule has 0 radical (unpaired) electrons. The molecular weight excluding hydrogens is 259 g/mol. The Kier molecular flexibility index (Phi) is 4.71. The highest BCUT2D eigenvalue weighted by molar-refractivity contribution is 5.97. The van der Waals surface area contributed by atoms with Crippen LogP contribution in [0.15, 0.2) is 30.3 Å². The van der Waals surface area contributed by atoms with Crippen molar-refractivity contribution in [2.75, 3.05) is 13.2 Å². The molecule has 1 saturated heterocycles. The summed E-state index contributed by atoms with van der Waals surface area (Å²) in [5, 5.41) is 2.72. The van der Waals surface area contributed by atoms with Crippen LogP contribution in [0.5, 0.6) is 0 Å². The summed E-state index contributed by atoms with van der Waals surface area (Å²) in [5.74, 6) is -0.389. The molecule has 4 nitrogen and oxygen atoms in total. The summed E-state index contributed by atoms with van der Waals surface area (Å²) in [6.07, 6.45) is 0.931. The monoisotopic (exact) mass is 278 g/mol. The van der Waals surface area contributed by atoms with Crippen LogP contribution >= 0.6 is 0 Å². The number of hydrogen-bond donors (Lipinski definition) is 1. The first-order valence-corrected chi connectivity index (χ1v) is 6.88. The van der Waals surface area contributed by atoms with E-state index in [1.807, 2.05) is 37.3 Å². The van der Waals surface area contributed by atoms with Gasteiger partial charge in [-0.1, -0.05) is 37.3 Å². The van der Waals surface area contributed by atoms with Crippen molar-refractivity contribution in [1.29, 1.82) is 0 Å². The highest BCUT2D eigenvalue weighted by atomic mass is 19.1. The van der Waals surface area contributed by atoms with Gasteiger partial charge >= 0.3 is 0 Å². The zero-order valence-electron chi connectivity index (χ0n) is 11.5. The van der Waals surface area contributed by atoms with E-state index in [1.165, 1.54) is 4.90 Å². The van der Waals surface area contributed by atoms with Gasteiger partial charge in [0.15, 0.2) is 0 Å². The first-order valence-electron chi connectivity index (χ1n) is 6.88. The largest absolute Gasteiger partial charge is 0.343 e. The predicted octanol–water partition coefficient (Wildman–Crippen LogP) is 1.30. The van der Waals surface area contributed by atoms with E-state index < -0.39 is 18.8 Å². The van der Waals surface area contributed by atoms with Crippen LogP contribution in [0, 0.1) is 0 Å². The molecule has 1 aromatic carbocycles. The van der Waals surface area contributed by atoms with Crippen molar-refractivity contribution in [2.45, 2.75) is 31.8 Å². The lowest BCUT2D eigenvalue weighted by Crippen LogP contribution is -2.64. The fourth-order valence-corrected chi connectivity index (χ4v) is 2.50. The molecule has 1 fully saturated rings. The van der Waals surface area contributed by atoms with Gasteiger partial charge in [0.2, 0.25) is 11.8 Å². The van der Waals surface area contributed by atoms with Crippen LogP contribution in [-0.4, -0.2) is 42.0 Å². The number of benzene rings is 1. The SMILES string of the molecule is CCC1NC(=O)C(Cc2ccccc2)N(CCF)C1=O. The van der Waals surface area contributed by atoms with E-state index in [-0.39, 0.29) is 18.4 Å². The van der Waals surface area contributed by atoms with E-state index in [0.29, 0.717) is 12.8 Å². The third-order valence-electron chi connectivity index (χ3n) is 3.58. The van der Waals surface area contributed by atoms with Gasteiger partial charge < -0.3 is 10.2 Å². The van der Waals surface area contributed by atoms with E-state index in [9.17, 15) is 14.0 Å². The van der Waals surface area contributed by atoms with Crippen LogP contribution in [-0.2, 0) is 16.0 Å². The molecule has 0 spiro atoms. The highest BCUT2D eigenvalue weighted by Gasteiger charge is 2.39. The van der Waals surface area contributed by atoms with Crippen molar-refractivity contribution < 1.29 is 14.0 Å². The van der Waals surface area contributed by atoms with Crippen LogP contribution in [0.1, 0.15) is 18.9 Å². The lowest BCUT2D eigenvalue weighted by atomic mass is 9.99. The lowest BCUT2D eigenvalue weighted by Gasteiger charge is -2.38. The topological polar surface area (TPSA) is 49.4 Å². The normalized spacial score (nSPS) is 22.8. The molecule has 2 amide bonds. The van der Waals surface area contributed by atoms with Crippen LogP contribution < -0.4 is 5.32 Å². The maximum Gasteiger partial charge on any atom is 0.245 e. The molecular formula is C15H19FN2O2. The van der Waals surface area contributed by atoms with Gasteiger partial charge in [0.25, 0.3) is 0 Å². The van der Waals surface area contributed by atoms with Crippen molar-refractivity contribution in [3.63, 3.8) is 0 Å². The van der Waals surface area contributed by atoms with Crippen LogP contribution in [0.4, 0.5) is 4.39 Å². The fraction of sp³-hybridized carbons (Fsp3) is 0.467. The lowest BCUT2D eigenvalue weighted by molar-refractivity contribution is -0.149. The van der Waals surface area contributed by atoms with Crippen molar-refractivity contribution in [2.24, 2.45) is 0 Å². The van der Waals surface area contributed by atoms with E-state index >= 15 is 0 Å². The standard InChI is InChI=1S/C15H19FN2O2/c1-2-12-15(20)18(9-8-16)13(14(19)17-12)10-11-6-4-3-5-7-11/h3-7,12-13H,2,8-10H2,1H3,(H,17,19). The molecule has 5 heteroatoms. The van der Waals surface area contributed by atoms with Crippen molar-refractivity contribution in [1.82, 2.24) is 10.2 Å².